The molecule has 1 aromatic heterocycles. The maximum atomic E-state index is 12.6. The predicted octanol–water partition coefficient (Wildman–Crippen LogP) is 2.82. The van der Waals surface area contributed by atoms with Gasteiger partial charge in [0.2, 0.25) is 5.91 Å². The molecule has 3 rings (SSSR count). The molecule has 0 aliphatic carbocycles. The fraction of sp³-hybridized carbons (Fsp3) is 0.150. The van der Waals surface area contributed by atoms with Gasteiger partial charge < -0.3 is 15.4 Å². The summed E-state index contributed by atoms with van der Waals surface area (Å²) in [7, 11) is -3.97. The lowest BCUT2D eigenvalue weighted by Gasteiger charge is -2.07. The van der Waals surface area contributed by atoms with Crippen LogP contribution in [0.5, 0.6) is 5.75 Å². The van der Waals surface area contributed by atoms with Crippen molar-refractivity contribution >= 4 is 38.9 Å². The molecule has 162 valence electrons. The van der Waals surface area contributed by atoms with Gasteiger partial charge in [-0.3, -0.25) is 19.4 Å². The first-order chi connectivity index (χ1) is 14.8. The molecule has 0 aliphatic heterocycles. The molecular weight excluding hydrogens is 422 g/mol. The van der Waals surface area contributed by atoms with Crippen LogP contribution in [0.4, 0.5) is 17.1 Å². The van der Waals surface area contributed by atoms with Gasteiger partial charge in [0.05, 0.1) is 6.61 Å². The molecule has 0 bridgehead atoms. The summed E-state index contributed by atoms with van der Waals surface area (Å²) in [5.74, 6) is -0.178. The number of anilines is 3. The maximum Gasteiger partial charge on any atom is 0.278 e. The summed E-state index contributed by atoms with van der Waals surface area (Å²) in [5.41, 5.74) is 1.28. The van der Waals surface area contributed by atoms with Crippen LogP contribution in [0.15, 0.2) is 59.6 Å². The van der Waals surface area contributed by atoms with Crippen LogP contribution in [0.2, 0.25) is 0 Å². The smallest absolute Gasteiger partial charge is 0.278 e. The van der Waals surface area contributed by atoms with Crippen LogP contribution in [0.3, 0.4) is 0 Å². The molecule has 31 heavy (non-hydrogen) atoms. The van der Waals surface area contributed by atoms with Crippen LogP contribution >= 0.6 is 0 Å². The van der Waals surface area contributed by atoms with Crippen LogP contribution < -0.4 is 20.1 Å². The van der Waals surface area contributed by atoms with Crippen LogP contribution in [0, 0.1) is 0 Å². The second-order valence-electron chi connectivity index (χ2n) is 6.39. The molecule has 4 N–H and O–H groups in total. The monoisotopic (exact) mass is 443 g/mol. The van der Waals surface area contributed by atoms with E-state index >= 15 is 0 Å². The summed E-state index contributed by atoms with van der Waals surface area (Å²) in [6.45, 7) is 3.75. The average molecular weight is 443 g/mol. The van der Waals surface area contributed by atoms with Crippen molar-refractivity contribution in [2.24, 2.45) is 0 Å². The number of nitrogens with one attached hydrogen (secondary N) is 4. The largest absolute Gasteiger partial charge is 0.494 e. The number of H-pyrrole nitrogens is 1. The first-order valence-electron chi connectivity index (χ1n) is 9.27. The van der Waals surface area contributed by atoms with Crippen LogP contribution in [0.25, 0.3) is 0 Å². The third kappa shape index (κ3) is 5.82. The Kier molecular flexibility index (Phi) is 6.55. The van der Waals surface area contributed by atoms with Crippen molar-refractivity contribution in [3.8, 4) is 5.75 Å². The van der Waals surface area contributed by atoms with E-state index in [1.807, 2.05) is 6.92 Å². The number of benzene rings is 2. The van der Waals surface area contributed by atoms with Crippen LogP contribution in [-0.2, 0) is 14.8 Å². The Bertz CT molecular complexity index is 1170. The molecule has 0 fully saturated rings. The molecule has 2 aromatic carbocycles. The summed E-state index contributed by atoms with van der Waals surface area (Å²) >= 11 is 0. The van der Waals surface area contributed by atoms with Crippen molar-refractivity contribution in [3.63, 3.8) is 0 Å². The Morgan fingerprint density at radius 2 is 1.55 bits per heavy atom. The second-order valence-corrected chi connectivity index (χ2v) is 8.04. The van der Waals surface area contributed by atoms with Gasteiger partial charge in [0.1, 0.15) is 5.75 Å². The standard InChI is InChI=1S/C20H21N5O5S/c1-3-30-17-10-8-16(9-11-17)25-31(28,29)19-12-18(23-24-19)20(27)22-15-6-4-14(5-7-15)21-13(2)26/h4-12,25H,3H2,1-2H3,(H,21,26)(H,22,27)(H,23,24). The molecule has 0 atom stereocenters. The van der Waals surface area contributed by atoms with Crippen LogP contribution in [0.1, 0.15) is 24.3 Å². The highest BCUT2D eigenvalue weighted by atomic mass is 32.2. The number of rotatable bonds is 8. The molecule has 0 saturated heterocycles. The molecule has 0 aliphatic rings. The predicted molar refractivity (Wildman–Crippen MR) is 116 cm³/mol. The molecule has 10 nitrogen and oxygen atoms in total. The van der Waals surface area contributed by atoms with E-state index in [9.17, 15) is 18.0 Å². The Hall–Kier alpha value is -3.86. The third-order valence-electron chi connectivity index (χ3n) is 3.96. The lowest BCUT2D eigenvalue weighted by atomic mass is 10.2. The van der Waals surface area contributed by atoms with Crippen molar-refractivity contribution in [1.82, 2.24) is 10.2 Å². The Morgan fingerprint density at radius 1 is 0.968 bits per heavy atom. The lowest BCUT2D eigenvalue weighted by molar-refractivity contribution is -0.114. The molecule has 0 unspecified atom stereocenters. The number of hydrogen-bond donors (Lipinski definition) is 4. The Morgan fingerprint density at radius 3 is 2.13 bits per heavy atom. The zero-order chi connectivity index (χ0) is 22.4. The van der Waals surface area contributed by atoms with Crippen molar-refractivity contribution in [2.45, 2.75) is 18.9 Å². The number of aromatic amines is 1. The third-order valence-corrected chi connectivity index (χ3v) is 5.25. The fourth-order valence-corrected chi connectivity index (χ4v) is 3.58. The molecule has 0 radical (unpaired) electrons. The number of hydrogen-bond acceptors (Lipinski definition) is 6. The van der Waals surface area contributed by atoms with Gasteiger partial charge in [-0.2, -0.15) is 13.5 Å². The van der Waals surface area contributed by atoms with Crippen LogP contribution in [-0.4, -0.2) is 37.0 Å². The number of amides is 2. The van der Waals surface area contributed by atoms with E-state index in [4.69, 9.17) is 4.74 Å². The number of carbonyl (C=O) groups excluding carboxylic acids is 2. The van der Waals surface area contributed by atoms with Gasteiger partial charge in [0.15, 0.2) is 10.7 Å². The van der Waals surface area contributed by atoms with Gasteiger partial charge in [-0.05, 0) is 55.5 Å². The summed E-state index contributed by atoms with van der Waals surface area (Å²) in [6.07, 6.45) is 0. The van der Waals surface area contributed by atoms with Gasteiger partial charge in [0.25, 0.3) is 15.9 Å². The van der Waals surface area contributed by atoms with Gasteiger partial charge in [-0.25, -0.2) is 0 Å². The normalized spacial score (nSPS) is 10.9. The van der Waals surface area contributed by atoms with E-state index in [1.54, 1.807) is 48.5 Å². The minimum Gasteiger partial charge on any atom is -0.494 e. The van der Waals surface area contributed by atoms with Gasteiger partial charge >= 0.3 is 0 Å². The van der Waals surface area contributed by atoms with E-state index in [-0.39, 0.29) is 16.6 Å². The summed E-state index contributed by atoms with van der Waals surface area (Å²) < 4.78 is 32.8. The molecule has 1 heterocycles. The van der Waals surface area contributed by atoms with Gasteiger partial charge in [0, 0.05) is 30.1 Å². The lowest BCUT2D eigenvalue weighted by Crippen LogP contribution is -2.14. The minimum atomic E-state index is -3.97. The Balaban J connectivity index is 1.66. The Labute approximate surface area is 179 Å². The number of carbonyl (C=O) groups is 2. The summed E-state index contributed by atoms with van der Waals surface area (Å²) in [5, 5.41) is 11.1. The minimum absolute atomic E-state index is 0.0991. The van der Waals surface area contributed by atoms with Crippen molar-refractivity contribution in [2.75, 3.05) is 22.0 Å². The average Bonchev–Trinajstić information content (AvgIpc) is 3.22. The number of ether oxygens (including phenoxy) is 1. The molecule has 2 amide bonds. The van der Waals surface area contributed by atoms with E-state index in [0.29, 0.717) is 29.4 Å². The SMILES string of the molecule is CCOc1ccc(NS(=O)(=O)c2cc(C(=O)Nc3ccc(NC(C)=O)cc3)n[nH]2)cc1. The highest BCUT2D eigenvalue weighted by Crippen LogP contribution is 2.20. The van der Waals surface area contributed by atoms with Crippen molar-refractivity contribution < 1.29 is 22.7 Å². The molecule has 3 aromatic rings. The first kappa shape index (κ1) is 21.8. The highest BCUT2D eigenvalue weighted by Gasteiger charge is 2.20. The second kappa shape index (κ2) is 9.30. The summed E-state index contributed by atoms with van der Waals surface area (Å²) in [6, 6.07) is 14.0. The topological polar surface area (TPSA) is 142 Å². The highest BCUT2D eigenvalue weighted by molar-refractivity contribution is 7.92. The van der Waals surface area contributed by atoms with E-state index in [1.165, 1.54) is 6.92 Å². The van der Waals surface area contributed by atoms with E-state index in [2.05, 4.69) is 25.6 Å². The van der Waals surface area contributed by atoms with E-state index < -0.39 is 15.9 Å². The number of nitrogens with zero attached hydrogens (tertiary/aromatic N) is 1. The maximum absolute atomic E-state index is 12.6. The van der Waals surface area contributed by atoms with E-state index in [0.717, 1.165) is 6.07 Å². The summed E-state index contributed by atoms with van der Waals surface area (Å²) in [4.78, 5) is 23.4. The van der Waals surface area contributed by atoms with Crippen molar-refractivity contribution in [1.29, 1.82) is 0 Å². The molecule has 11 heteroatoms. The van der Waals surface area contributed by atoms with Gasteiger partial charge in [-0.15, -0.1) is 0 Å². The zero-order valence-corrected chi connectivity index (χ0v) is 17.6. The van der Waals surface area contributed by atoms with Crippen molar-refractivity contribution in [3.05, 3.63) is 60.3 Å². The van der Waals surface area contributed by atoms with Gasteiger partial charge in [-0.1, -0.05) is 0 Å². The fourth-order valence-electron chi connectivity index (χ4n) is 2.59. The number of sulfonamides is 1. The number of aromatic nitrogens is 2. The zero-order valence-electron chi connectivity index (χ0n) is 16.8. The molecular formula is C20H21N5O5S. The quantitative estimate of drug-likeness (QED) is 0.422. The molecule has 0 spiro atoms. The first-order valence-corrected chi connectivity index (χ1v) is 10.8. The molecule has 0 saturated carbocycles.